The van der Waals surface area contributed by atoms with E-state index in [0.717, 1.165) is 11.8 Å². The average molecular weight is 299 g/mol. The highest BCUT2D eigenvalue weighted by Gasteiger charge is 2.42. The molecule has 2 atom stereocenters. The van der Waals surface area contributed by atoms with Gasteiger partial charge in [-0.25, -0.2) is 0 Å². The molecule has 0 aromatic rings. The van der Waals surface area contributed by atoms with E-state index in [1.807, 2.05) is 0 Å². The zero-order chi connectivity index (χ0) is 14.5. The monoisotopic (exact) mass is 299 g/mol. The summed E-state index contributed by atoms with van der Waals surface area (Å²) in [5.74, 6) is -3.01. The second kappa shape index (κ2) is 7.02. The normalized spacial score (nSPS) is 23.9. The van der Waals surface area contributed by atoms with Crippen LogP contribution in [0.2, 0.25) is 0 Å². The highest BCUT2D eigenvalue weighted by molar-refractivity contribution is 8.00. The van der Waals surface area contributed by atoms with Gasteiger partial charge in [0.25, 0.3) is 0 Å². The fraction of sp³-hybridized carbons (Fsp3) is 0.818. The molecule has 0 saturated heterocycles. The number of hydrogen-bond acceptors (Lipinski definition) is 3. The average Bonchev–Trinajstić information content (AvgIpc) is 2.27. The first kappa shape index (κ1) is 16.1. The summed E-state index contributed by atoms with van der Waals surface area (Å²) in [7, 11) is 0. The Balaban J connectivity index is 2.32. The van der Waals surface area contributed by atoms with E-state index < -0.39 is 30.0 Å². The zero-order valence-corrected chi connectivity index (χ0v) is 11.0. The van der Waals surface area contributed by atoms with Crippen LogP contribution in [0.4, 0.5) is 13.2 Å². The van der Waals surface area contributed by atoms with Crippen molar-refractivity contribution in [3.63, 3.8) is 0 Å². The van der Waals surface area contributed by atoms with E-state index in [2.05, 4.69) is 5.32 Å². The molecule has 0 aliphatic heterocycles. The molecule has 110 valence electrons. The third-order valence-electron chi connectivity index (χ3n) is 2.96. The Labute approximate surface area is 113 Å². The van der Waals surface area contributed by atoms with Crippen LogP contribution in [-0.4, -0.2) is 40.7 Å². The Morgan fingerprint density at radius 3 is 2.53 bits per heavy atom. The van der Waals surface area contributed by atoms with Gasteiger partial charge in [0, 0.05) is 6.04 Å². The Bertz CT molecular complexity index is 336. The van der Waals surface area contributed by atoms with Gasteiger partial charge in [0.05, 0.1) is 17.4 Å². The first-order chi connectivity index (χ1) is 8.79. The van der Waals surface area contributed by atoms with E-state index in [1.54, 1.807) is 0 Å². The predicted octanol–water partition coefficient (Wildman–Crippen LogP) is 2.04. The van der Waals surface area contributed by atoms with Crippen molar-refractivity contribution in [1.82, 2.24) is 5.32 Å². The minimum atomic E-state index is -4.21. The van der Waals surface area contributed by atoms with E-state index in [-0.39, 0.29) is 24.3 Å². The minimum Gasteiger partial charge on any atom is -0.481 e. The fourth-order valence-electron chi connectivity index (χ4n) is 2.12. The second-order valence-corrected chi connectivity index (χ2v) is 5.54. The van der Waals surface area contributed by atoms with Crippen molar-refractivity contribution in [3.05, 3.63) is 0 Å². The Morgan fingerprint density at radius 1 is 1.26 bits per heavy atom. The lowest BCUT2D eigenvalue weighted by Crippen LogP contribution is -2.42. The molecule has 2 N–H and O–H groups in total. The van der Waals surface area contributed by atoms with Gasteiger partial charge < -0.3 is 10.4 Å². The van der Waals surface area contributed by atoms with Crippen molar-refractivity contribution in [3.8, 4) is 0 Å². The van der Waals surface area contributed by atoms with Gasteiger partial charge in [0.2, 0.25) is 5.91 Å². The molecule has 1 saturated carbocycles. The molecule has 0 radical (unpaired) electrons. The van der Waals surface area contributed by atoms with Gasteiger partial charge in [-0.2, -0.15) is 13.2 Å². The summed E-state index contributed by atoms with van der Waals surface area (Å²) in [6.07, 6.45) is -3.19. The molecular formula is C11H16F3NO3S. The van der Waals surface area contributed by atoms with Crippen molar-refractivity contribution >= 4 is 23.6 Å². The molecule has 1 aliphatic carbocycles. The molecule has 0 bridgehead atoms. The highest BCUT2D eigenvalue weighted by atomic mass is 32.2. The number of nitrogens with one attached hydrogen (secondary N) is 1. The molecule has 4 nitrogen and oxygen atoms in total. The molecular weight excluding hydrogens is 283 g/mol. The summed E-state index contributed by atoms with van der Waals surface area (Å²) >= 11 is 0.931. The van der Waals surface area contributed by atoms with Crippen molar-refractivity contribution in [2.24, 2.45) is 5.92 Å². The topological polar surface area (TPSA) is 66.4 Å². The van der Waals surface area contributed by atoms with Gasteiger partial charge in [-0.3, -0.25) is 9.59 Å². The number of rotatable bonds is 5. The van der Waals surface area contributed by atoms with Gasteiger partial charge in [-0.1, -0.05) is 6.42 Å². The maximum Gasteiger partial charge on any atom is 0.391 e. The smallest absolute Gasteiger partial charge is 0.391 e. The molecule has 0 aromatic carbocycles. The molecule has 0 heterocycles. The maximum absolute atomic E-state index is 12.6. The lowest BCUT2D eigenvalue weighted by atomic mass is 9.85. The number of carboxylic acid groups (broad SMARTS) is 1. The molecule has 2 unspecified atom stereocenters. The van der Waals surface area contributed by atoms with Gasteiger partial charge in [0.1, 0.15) is 0 Å². The van der Waals surface area contributed by atoms with Gasteiger partial charge in [0.15, 0.2) is 0 Å². The quantitative estimate of drug-likeness (QED) is 0.815. The minimum absolute atomic E-state index is 0.0422. The summed E-state index contributed by atoms with van der Waals surface area (Å²) in [6.45, 7) is 0. The van der Waals surface area contributed by atoms with Crippen LogP contribution in [0, 0.1) is 5.92 Å². The number of aliphatic carboxylic acids is 1. The SMILES string of the molecule is O=C(O)CSCC(=O)NC1CCCC(C(F)(F)F)C1. The van der Waals surface area contributed by atoms with Crippen molar-refractivity contribution < 1.29 is 27.9 Å². The van der Waals surface area contributed by atoms with Gasteiger partial charge in [-0.05, 0) is 19.3 Å². The van der Waals surface area contributed by atoms with Crippen LogP contribution >= 0.6 is 11.8 Å². The molecule has 0 spiro atoms. The van der Waals surface area contributed by atoms with Crippen LogP contribution < -0.4 is 5.32 Å². The Hall–Kier alpha value is -0.920. The summed E-state index contributed by atoms with van der Waals surface area (Å²) in [5, 5.41) is 10.9. The molecule has 1 fully saturated rings. The molecule has 8 heteroatoms. The Morgan fingerprint density at radius 2 is 1.95 bits per heavy atom. The molecule has 0 aromatic heterocycles. The van der Waals surface area contributed by atoms with Crippen LogP contribution in [-0.2, 0) is 9.59 Å². The van der Waals surface area contributed by atoms with Crippen molar-refractivity contribution in [2.45, 2.75) is 37.9 Å². The van der Waals surface area contributed by atoms with Crippen molar-refractivity contribution in [1.29, 1.82) is 0 Å². The number of alkyl halides is 3. The number of carbonyl (C=O) groups excluding carboxylic acids is 1. The number of halogens is 3. The van der Waals surface area contributed by atoms with E-state index in [1.165, 1.54) is 0 Å². The second-order valence-electron chi connectivity index (χ2n) is 4.56. The van der Waals surface area contributed by atoms with Crippen molar-refractivity contribution in [2.75, 3.05) is 11.5 Å². The first-order valence-electron chi connectivity index (χ1n) is 5.94. The van der Waals surface area contributed by atoms with Gasteiger partial charge in [-0.15, -0.1) is 11.8 Å². The van der Waals surface area contributed by atoms with Crippen LogP contribution in [0.1, 0.15) is 25.7 Å². The fourth-order valence-corrected chi connectivity index (χ4v) is 2.66. The predicted molar refractivity (Wildman–Crippen MR) is 64.9 cm³/mol. The number of thioether (sulfide) groups is 1. The van der Waals surface area contributed by atoms with E-state index >= 15 is 0 Å². The van der Waals surface area contributed by atoms with E-state index in [4.69, 9.17) is 5.11 Å². The number of amides is 1. The van der Waals surface area contributed by atoms with Gasteiger partial charge >= 0.3 is 12.1 Å². The third kappa shape index (κ3) is 6.17. The maximum atomic E-state index is 12.6. The lowest BCUT2D eigenvalue weighted by Gasteiger charge is -2.31. The largest absolute Gasteiger partial charge is 0.481 e. The summed E-state index contributed by atoms with van der Waals surface area (Å²) in [6, 6.07) is -0.460. The number of hydrogen-bond donors (Lipinski definition) is 2. The molecule has 1 rings (SSSR count). The van der Waals surface area contributed by atoms with Crippen LogP contribution in [0.5, 0.6) is 0 Å². The lowest BCUT2D eigenvalue weighted by molar-refractivity contribution is -0.184. The van der Waals surface area contributed by atoms with Crippen LogP contribution in [0.3, 0.4) is 0 Å². The molecule has 19 heavy (non-hydrogen) atoms. The van der Waals surface area contributed by atoms with Crippen LogP contribution in [0.25, 0.3) is 0 Å². The zero-order valence-electron chi connectivity index (χ0n) is 10.2. The van der Waals surface area contributed by atoms with E-state index in [0.29, 0.717) is 12.8 Å². The number of carboxylic acids is 1. The highest BCUT2D eigenvalue weighted by Crippen LogP contribution is 2.37. The third-order valence-corrected chi connectivity index (χ3v) is 3.88. The standard InChI is InChI=1S/C11H16F3NO3S/c12-11(13,14)7-2-1-3-8(4-7)15-9(16)5-19-6-10(17)18/h7-8H,1-6H2,(H,15,16)(H,17,18). The van der Waals surface area contributed by atoms with Crippen LogP contribution in [0.15, 0.2) is 0 Å². The summed E-state index contributed by atoms with van der Waals surface area (Å²) in [5.41, 5.74) is 0. The summed E-state index contributed by atoms with van der Waals surface area (Å²) in [4.78, 5) is 21.7. The number of carbonyl (C=O) groups is 2. The molecule has 1 amide bonds. The Kier molecular flexibility index (Phi) is 5.96. The van der Waals surface area contributed by atoms with E-state index in [9.17, 15) is 22.8 Å². The summed E-state index contributed by atoms with van der Waals surface area (Å²) < 4.78 is 37.7. The molecule has 1 aliphatic rings. The first-order valence-corrected chi connectivity index (χ1v) is 7.10.